The van der Waals surface area contributed by atoms with E-state index in [1.807, 2.05) is 0 Å². The Balaban J connectivity index is 2.06. The fraction of sp³-hybridized carbons (Fsp3) is 0.500. The average Bonchev–Trinajstić information content (AvgIpc) is 2.75. The van der Waals surface area contributed by atoms with E-state index in [0.29, 0.717) is 24.3 Å². The molecule has 1 heterocycles. The van der Waals surface area contributed by atoms with Crippen LogP contribution in [-0.4, -0.2) is 38.4 Å². The molecule has 2 N–H and O–H groups in total. The molecule has 1 atom stereocenters. The zero-order chi connectivity index (χ0) is 14.8. The van der Waals surface area contributed by atoms with Crippen molar-refractivity contribution in [1.29, 1.82) is 0 Å². The molecule has 0 amide bonds. The molecule has 7 nitrogen and oxygen atoms in total. The van der Waals surface area contributed by atoms with Crippen molar-refractivity contribution < 1.29 is 13.3 Å². The van der Waals surface area contributed by atoms with E-state index in [9.17, 15) is 18.5 Å². The minimum Gasteiger partial charge on any atom is -0.388 e. The summed E-state index contributed by atoms with van der Waals surface area (Å²) in [5, 5.41) is 16.8. The summed E-state index contributed by atoms with van der Waals surface area (Å²) in [5.41, 5.74) is 1.26. The summed E-state index contributed by atoms with van der Waals surface area (Å²) in [6.07, 6.45) is 0.642. The number of nitrogens with one attached hydrogen (secondary N) is 2. The lowest BCUT2D eigenvalue weighted by Crippen LogP contribution is -2.15. The Morgan fingerprint density at radius 1 is 1.35 bits per heavy atom. The maximum atomic E-state index is 11.4. The van der Waals surface area contributed by atoms with Gasteiger partial charge in [-0.05, 0) is 18.4 Å². The molecule has 0 saturated carbocycles. The molecule has 0 spiro atoms. The van der Waals surface area contributed by atoms with Gasteiger partial charge >= 0.3 is 0 Å². The second-order valence-electron chi connectivity index (χ2n) is 4.93. The second kappa shape index (κ2) is 5.66. The lowest BCUT2D eigenvalue weighted by molar-refractivity contribution is -0.384. The first-order valence-electron chi connectivity index (χ1n) is 6.31. The Labute approximate surface area is 117 Å². The topological polar surface area (TPSA) is 101 Å². The van der Waals surface area contributed by atoms with Crippen LogP contribution < -0.4 is 10.6 Å². The highest BCUT2D eigenvalue weighted by molar-refractivity contribution is 7.91. The summed E-state index contributed by atoms with van der Waals surface area (Å²) in [4.78, 5) is 10.4. The minimum absolute atomic E-state index is 0.00149. The Morgan fingerprint density at radius 2 is 2.05 bits per heavy atom. The summed E-state index contributed by atoms with van der Waals surface area (Å²) >= 11 is 0. The van der Waals surface area contributed by atoms with Crippen molar-refractivity contribution in [3.63, 3.8) is 0 Å². The minimum atomic E-state index is -2.89. The first-order chi connectivity index (χ1) is 9.39. The normalized spacial score (nSPS) is 20.6. The maximum absolute atomic E-state index is 11.4. The number of hydrogen-bond acceptors (Lipinski definition) is 6. The molecule has 1 aliphatic heterocycles. The molecule has 8 heteroatoms. The Kier molecular flexibility index (Phi) is 4.12. The van der Waals surface area contributed by atoms with Crippen LogP contribution in [0, 0.1) is 16.0 Å². The molecule has 1 unspecified atom stereocenters. The Morgan fingerprint density at radius 3 is 2.60 bits per heavy atom. The molecule has 1 aromatic carbocycles. The van der Waals surface area contributed by atoms with Crippen molar-refractivity contribution in [2.24, 2.45) is 5.92 Å². The molecule has 1 aliphatic rings. The summed E-state index contributed by atoms with van der Waals surface area (Å²) in [6, 6.07) is 4.66. The molecule has 0 aliphatic carbocycles. The van der Waals surface area contributed by atoms with Crippen molar-refractivity contribution in [3.05, 3.63) is 28.3 Å². The molecule has 110 valence electrons. The van der Waals surface area contributed by atoms with Gasteiger partial charge in [-0.3, -0.25) is 10.1 Å². The van der Waals surface area contributed by atoms with Gasteiger partial charge in [-0.2, -0.15) is 0 Å². The largest absolute Gasteiger partial charge is 0.388 e. The van der Waals surface area contributed by atoms with E-state index in [1.165, 1.54) is 12.1 Å². The third kappa shape index (κ3) is 3.60. The standard InChI is InChI=1S/C12H17N3O4S/c1-13-10-4-11(6-12(5-10)15(16)17)14-7-9-2-3-20(18,19)8-9/h4-6,9,13-14H,2-3,7-8H2,1H3. The predicted octanol–water partition coefficient (Wildman–Crippen LogP) is 1.48. The Bertz CT molecular complexity index is 615. The van der Waals surface area contributed by atoms with Crippen molar-refractivity contribution in [1.82, 2.24) is 0 Å². The lowest BCUT2D eigenvalue weighted by atomic mass is 10.1. The molecule has 0 bridgehead atoms. The van der Waals surface area contributed by atoms with Crippen LogP contribution in [0.25, 0.3) is 0 Å². The number of non-ortho nitro benzene ring substituents is 1. The van der Waals surface area contributed by atoms with Crippen LogP contribution in [0.5, 0.6) is 0 Å². The van der Waals surface area contributed by atoms with Crippen molar-refractivity contribution >= 4 is 26.9 Å². The van der Waals surface area contributed by atoms with Crippen LogP contribution in [0.2, 0.25) is 0 Å². The monoisotopic (exact) mass is 299 g/mol. The molecule has 2 rings (SSSR count). The highest BCUT2D eigenvalue weighted by atomic mass is 32.2. The molecular weight excluding hydrogens is 282 g/mol. The van der Waals surface area contributed by atoms with Crippen molar-refractivity contribution in [2.45, 2.75) is 6.42 Å². The quantitative estimate of drug-likeness (QED) is 0.631. The van der Waals surface area contributed by atoms with Gasteiger partial charge in [-0.15, -0.1) is 0 Å². The number of nitrogens with zero attached hydrogens (tertiary/aromatic N) is 1. The van der Waals surface area contributed by atoms with E-state index in [2.05, 4.69) is 10.6 Å². The molecule has 0 aromatic heterocycles. The number of nitro benzene ring substituents is 1. The summed E-state index contributed by atoms with van der Waals surface area (Å²) < 4.78 is 22.7. The number of hydrogen-bond donors (Lipinski definition) is 2. The predicted molar refractivity (Wildman–Crippen MR) is 77.9 cm³/mol. The maximum Gasteiger partial charge on any atom is 0.273 e. The fourth-order valence-electron chi connectivity index (χ4n) is 2.26. The Hall–Kier alpha value is -1.83. The van der Waals surface area contributed by atoms with E-state index in [1.54, 1.807) is 13.1 Å². The number of sulfone groups is 1. The fourth-order valence-corrected chi connectivity index (χ4v) is 4.12. The molecule has 1 fully saturated rings. The first-order valence-corrected chi connectivity index (χ1v) is 8.13. The van der Waals surface area contributed by atoms with E-state index < -0.39 is 14.8 Å². The van der Waals surface area contributed by atoms with Gasteiger partial charge in [-0.1, -0.05) is 0 Å². The zero-order valence-corrected chi connectivity index (χ0v) is 11.9. The van der Waals surface area contributed by atoms with Crippen molar-refractivity contribution in [2.75, 3.05) is 35.7 Å². The van der Waals surface area contributed by atoms with Crippen LogP contribution in [0.4, 0.5) is 17.1 Å². The molecule has 20 heavy (non-hydrogen) atoms. The van der Waals surface area contributed by atoms with Gasteiger partial charge in [0.15, 0.2) is 9.84 Å². The van der Waals surface area contributed by atoms with Crippen LogP contribution in [0.15, 0.2) is 18.2 Å². The third-order valence-corrected chi connectivity index (χ3v) is 5.18. The smallest absolute Gasteiger partial charge is 0.273 e. The van der Waals surface area contributed by atoms with Gasteiger partial charge in [0.25, 0.3) is 5.69 Å². The van der Waals surface area contributed by atoms with Crippen LogP contribution in [0.3, 0.4) is 0 Å². The van der Waals surface area contributed by atoms with E-state index in [-0.39, 0.29) is 23.1 Å². The van der Waals surface area contributed by atoms with E-state index in [4.69, 9.17) is 0 Å². The van der Waals surface area contributed by atoms with Gasteiger partial charge in [0.05, 0.1) is 16.4 Å². The van der Waals surface area contributed by atoms with Crippen LogP contribution in [-0.2, 0) is 9.84 Å². The number of benzene rings is 1. The summed E-state index contributed by atoms with van der Waals surface area (Å²) in [7, 11) is -1.21. The molecule has 0 radical (unpaired) electrons. The molecule has 1 aromatic rings. The summed E-state index contributed by atoms with van der Waals surface area (Å²) in [5.74, 6) is 0.487. The number of rotatable bonds is 5. The highest BCUT2D eigenvalue weighted by Crippen LogP contribution is 2.25. The second-order valence-corrected chi connectivity index (χ2v) is 7.15. The average molecular weight is 299 g/mol. The van der Waals surface area contributed by atoms with Gasteiger partial charge in [0.1, 0.15) is 0 Å². The zero-order valence-electron chi connectivity index (χ0n) is 11.1. The first kappa shape index (κ1) is 14.6. The van der Waals surface area contributed by atoms with Crippen molar-refractivity contribution in [3.8, 4) is 0 Å². The van der Waals surface area contributed by atoms with E-state index in [0.717, 1.165) is 0 Å². The van der Waals surface area contributed by atoms with Crippen LogP contribution >= 0.6 is 0 Å². The number of nitro groups is 1. The number of anilines is 2. The molecule has 1 saturated heterocycles. The lowest BCUT2D eigenvalue weighted by Gasteiger charge is -2.12. The van der Waals surface area contributed by atoms with Gasteiger partial charge in [0.2, 0.25) is 0 Å². The van der Waals surface area contributed by atoms with Gasteiger partial charge in [0, 0.05) is 37.1 Å². The SMILES string of the molecule is CNc1cc(NCC2CCS(=O)(=O)C2)cc([N+](=O)[O-])c1. The van der Waals surface area contributed by atoms with Gasteiger partial charge < -0.3 is 10.6 Å². The summed E-state index contributed by atoms with van der Waals surface area (Å²) in [6.45, 7) is 0.504. The third-order valence-electron chi connectivity index (χ3n) is 3.34. The highest BCUT2D eigenvalue weighted by Gasteiger charge is 2.27. The van der Waals surface area contributed by atoms with Gasteiger partial charge in [-0.25, -0.2) is 8.42 Å². The van der Waals surface area contributed by atoms with E-state index >= 15 is 0 Å². The van der Waals surface area contributed by atoms with Crippen LogP contribution in [0.1, 0.15) is 6.42 Å². The molecular formula is C12H17N3O4S.